The van der Waals surface area contributed by atoms with Crippen molar-refractivity contribution in [3.63, 3.8) is 0 Å². The third-order valence-electron chi connectivity index (χ3n) is 4.23. The second-order valence-corrected chi connectivity index (χ2v) is 8.35. The molecule has 0 bridgehead atoms. The lowest BCUT2D eigenvalue weighted by Crippen LogP contribution is -2.46. The summed E-state index contributed by atoms with van der Waals surface area (Å²) in [5.41, 5.74) is 0.953. The summed E-state index contributed by atoms with van der Waals surface area (Å²) >= 11 is 3.05. The maximum absolute atomic E-state index is 12.6. The molecule has 0 saturated carbocycles. The molecule has 1 aromatic rings. The Morgan fingerprint density at radius 1 is 1.27 bits per heavy atom. The molecular formula is C17H21N3O4S2. The Balaban J connectivity index is 1.50. The van der Waals surface area contributed by atoms with Crippen molar-refractivity contribution in [1.82, 2.24) is 10.6 Å². The highest BCUT2D eigenvalue weighted by Crippen LogP contribution is 2.38. The lowest BCUT2D eigenvalue weighted by molar-refractivity contribution is -0.140. The normalized spacial score (nSPS) is 23.7. The van der Waals surface area contributed by atoms with Crippen LogP contribution < -0.4 is 16.0 Å². The predicted molar refractivity (Wildman–Crippen MR) is 102 cm³/mol. The van der Waals surface area contributed by atoms with E-state index in [0.717, 1.165) is 16.3 Å². The molecule has 26 heavy (non-hydrogen) atoms. The molecule has 0 aromatic heterocycles. The van der Waals surface area contributed by atoms with Crippen LogP contribution >= 0.6 is 23.5 Å². The van der Waals surface area contributed by atoms with Gasteiger partial charge in [-0.3, -0.25) is 14.4 Å². The highest BCUT2D eigenvalue weighted by atomic mass is 32.2. The van der Waals surface area contributed by atoms with Gasteiger partial charge >= 0.3 is 5.97 Å². The van der Waals surface area contributed by atoms with Gasteiger partial charge in [0.2, 0.25) is 5.91 Å². The van der Waals surface area contributed by atoms with E-state index in [1.54, 1.807) is 11.8 Å². The maximum Gasteiger partial charge on any atom is 0.307 e. The van der Waals surface area contributed by atoms with E-state index in [4.69, 9.17) is 0 Å². The molecule has 2 aliphatic heterocycles. The first kappa shape index (κ1) is 18.9. The molecule has 140 valence electrons. The molecule has 3 N–H and O–H groups in total. The van der Waals surface area contributed by atoms with E-state index in [9.17, 15) is 14.4 Å². The van der Waals surface area contributed by atoms with Gasteiger partial charge in [-0.2, -0.15) is 0 Å². The van der Waals surface area contributed by atoms with Crippen LogP contribution in [0, 0.1) is 5.92 Å². The molecule has 1 aromatic carbocycles. The van der Waals surface area contributed by atoms with E-state index < -0.39 is 5.37 Å². The number of hydrogen-bond acceptors (Lipinski definition) is 7. The zero-order valence-corrected chi connectivity index (χ0v) is 16.0. The van der Waals surface area contributed by atoms with E-state index in [1.807, 2.05) is 24.3 Å². The lowest BCUT2D eigenvalue weighted by atomic mass is 10.1. The van der Waals surface area contributed by atoms with Gasteiger partial charge in [-0.1, -0.05) is 23.9 Å². The van der Waals surface area contributed by atoms with Crippen LogP contribution in [0.2, 0.25) is 0 Å². The first-order chi connectivity index (χ1) is 12.6. The van der Waals surface area contributed by atoms with Crippen molar-refractivity contribution in [3.05, 3.63) is 24.3 Å². The van der Waals surface area contributed by atoms with Gasteiger partial charge < -0.3 is 20.7 Å². The molecule has 2 amide bonds. The molecule has 2 heterocycles. The number of esters is 1. The topological polar surface area (TPSA) is 96.5 Å². The zero-order chi connectivity index (χ0) is 18.5. The Hall–Kier alpha value is -1.87. The quantitative estimate of drug-likeness (QED) is 0.627. The number of hydrogen-bond donors (Lipinski definition) is 3. The summed E-state index contributed by atoms with van der Waals surface area (Å²) in [7, 11) is 1.32. The summed E-state index contributed by atoms with van der Waals surface area (Å²) in [6.45, 7) is 0.239. The number of rotatable bonds is 6. The fraction of sp³-hybridized carbons (Fsp3) is 0.471. The van der Waals surface area contributed by atoms with Gasteiger partial charge in [0.05, 0.1) is 24.8 Å². The Bertz CT molecular complexity index is 675. The number of anilines is 1. The van der Waals surface area contributed by atoms with E-state index in [2.05, 4.69) is 20.7 Å². The zero-order valence-electron chi connectivity index (χ0n) is 14.3. The van der Waals surface area contributed by atoms with E-state index in [-0.39, 0.29) is 42.0 Å². The average molecular weight is 396 g/mol. The Morgan fingerprint density at radius 3 is 2.85 bits per heavy atom. The number of ether oxygens (including phenoxy) is 1. The molecule has 3 rings (SSSR count). The predicted octanol–water partition coefficient (Wildman–Crippen LogP) is 1.41. The summed E-state index contributed by atoms with van der Waals surface area (Å²) in [5, 5.41) is 8.28. The first-order valence-electron chi connectivity index (χ1n) is 8.37. The van der Waals surface area contributed by atoms with Crippen LogP contribution in [-0.4, -0.2) is 47.9 Å². The van der Waals surface area contributed by atoms with Crippen molar-refractivity contribution in [1.29, 1.82) is 0 Å². The number of thioether (sulfide) groups is 2. The first-order valence-corrected chi connectivity index (χ1v) is 10.3. The minimum Gasteiger partial charge on any atom is -0.469 e. The molecule has 2 aliphatic rings. The highest BCUT2D eigenvalue weighted by Gasteiger charge is 2.37. The number of benzene rings is 1. The molecule has 1 fully saturated rings. The van der Waals surface area contributed by atoms with Gasteiger partial charge in [0.1, 0.15) is 0 Å². The average Bonchev–Trinajstić information content (AvgIpc) is 3.27. The highest BCUT2D eigenvalue weighted by molar-refractivity contribution is 8.01. The molecule has 3 atom stereocenters. The second kappa shape index (κ2) is 8.68. The van der Waals surface area contributed by atoms with Crippen molar-refractivity contribution in [2.24, 2.45) is 5.92 Å². The molecule has 0 aliphatic carbocycles. The number of carbonyl (C=O) groups is 3. The van der Waals surface area contributed by atoms with Gasteiger partial charge in [0, 0.05) is 17.1 Å². The van der Waals surface area contributed by atoms with E-state index >= 15 is 0 Å². The number of amides is 2. The third-order valence-corrected chi connectivity index (χ3v) is 6.68. The number of methoxy groups -OCH3 is 1. The SMILES string of the molecule is COC(=O)CCNC(=O)C1CCSC1NC(=O)C1Nc2ccccc2S1. The van der Waals surface area contributed by atoms with Crippen molar-refractivity contribution in [2.75, 3.05) is 24.7 Å². The van der Waals surface area contributed by atoms with E-state index in [0.29, 0.717) is 6.42 Å². The van der Waals surface area contributed by atoms with E-state index in [1.165, 1.54) is 18.9 Å². The standard InChI is InChI=1S/C17H21N3O4S2/c1-24-13(21)6-8-18-14(22)10-7-9-25-16(10)20-15(23)17-19-11-4-2-3-5-12(11)26-17/h2-5,10,16-17,19H,6-9H2,1H3,(H,18,22)(H,20,23). The smallest absolute Gasteiger partial charge is 0.307 e. The molecule has 7 nitrogen and oxygen atoms in total. The van der Waals surface area contributed by atoms with Crippen molar-refractivity contribution in [3.8, 4) is 0 Å². The second-order valence-electron chi connectivity index (χ2n) is 5.95. The molecular weight excluding hydrogens is 374 g/mol. The number of nitrogens with one attached hydrogen (secondary N) is 3. The molecule has 9 heteroatoms. The number of fused-ring (bicyclic) bond motifs is 1. The van der Waals surface area contributed by atoms with Gasteiger partial charge in [-0.25, -0.2) is 0 Å². The molecule has 0 spiro atoms. The summed E-state index contributed by atoms with van der Waals surface area (Å²) in [5.74, 6) is -0.112. The summed E-state index contributed by atoms with van der Waals surface area (Å²) < 4.78 is 4.55. The Labute approximate surface area is 160 Å². The summed E-state index contributed by atoms with van der Waals surface area (Å²) in [4.78, 5) is 37.1. The van der Waals surface area contributed by atoms with Crippen LogP contribution in [0.15, 0.2) is 29.2 Å². The van der Waals surface area contributed by atoms with Crippen molar-refractivity contribution >= 4 is 47.0 Å². The summed E-state index contributed by atoms with van der Waals surface area (Å²) in [6, 6.07) is 7.78. The Kier molecular flexibility index (Phi) is 6.31. The third kappa shape index (κ3) is 4.45. The fourth-order valence-corrected chi connectivity index (χ4v) is 5.20. The monoisotopic (exact) mass is 395 g/mol. The van der Waals surface area contributed by atoms with Crippen LogP contribution in [0.5, 0.6) is 0 Å². The molecule has 3 unspecified atom stereocenters. The van der Waals surface area contributed by atoms with Crippen LogP contribution in [0.3, 0.4) is 0 Å². The Morgan fingerprint density at radius 2 is 2.08 bits per heavy atom. The minimum absolute atomic E-state index is 0.127. The lowest BCUT2D eigenvalue weighted by Gasteiger charge is -2.21. The van der Waals surface area contributed by atoms with Crippen LogP contribution in [-0.2, 0) is 19.1 Å². The molecule has 1 saturated heterocycles. The van der Waals surface area contributed by atoms with Gasteiger partial charge in [0.15, 0.2) is 5.37 Å². The van der Waals surface area contributed by atoms with Gasteiger partial charge in [-0.15, -0.1) is 11.8 Å². The van der Waals surface area contributed by atoms with Crippen molar-refractivity contribution < 1.29 is 19.1 Å². The fourth-order valence-electron chi connectivity index (χ4n) is 2.84. The summed E-state index contributed by atoms with van der Waals surface area (Å²) in [6.07, 6.45) is 0.838. The van der Waals surface area contributed by atoms with Crippen LogP contribution in [0.1, 0.15) is 12.8 Å². The van der Waals surface area contributed by atoms with Crippen LogP contribution in [0.4, 0.5) is 5.69 Å². The largest absolute Gasteiger partial charge is 0.469 e. The van der Waals surface area contributed by atoms with Crippen molar-refractivity contribution in [2.45, 2.75) is 28.5 Å². The number of para-hydroxylation sites is 1. The van der Waals surface area contributed by atoms with Gasteiger partial charge in [-0.05, 0) is 24.3 Å². The maximum atomic E-state index is 12.6. The van der Waals surface area contributed by atoms with Crippen LogP contribution in [0.25, 0.3) is 0 Å². The minimum atomic E-state index is -0.392. The molecule has 0 radical (unpaired) electrons. The van der Waals surface area contributed by atoms with Gasteiger partial charge in [0.25, 0.3) is 5.91 Å². The number of carbonyl (C=O) groups excluding carboxylic acids is 3.